The first-order chi connectivity index (χ1) is 31.3. The zero-order chi connectivity index (χ0) is 43.3. The molecule has 38 rings (SSSR count). The van der Waals surface area contributed by atoms with E-state index in [9.17, 15) is 0 Å². The van der Waals surface area contributed by atoms with Gasteiger partial charge in [-0.1, -0.05) is 218 Å². The van der Waals surface area contributed by atoms with E-state index in [1.54, 1.807) is 24.3 Å². The van der Waals surface area contributed by atoms with Crippen molar-refractivity contribution >= 4 is 0 Å². The molecule has 0 N–H and O–H groups in total. The van der Waals surface area contributed by atoms with Crippen LogP contribution >= 0.6 is 0 Å². The smallest absolute Gasteiger partial charge is 0.170 e. The first kappa shape index (κ1) is 38.8. The zero-order valence-electron chi connectivity index (χ0n) is 34.3. The molecule has 20 bridgehead atoms. The molecular weight excluding hydrogens is 797 g/mol. The van der Waals surface area contributed by atoms with E-state index in [4.69, 9.17) is 0 Å². The molecular formula is C60H36F4. The Bertz CT molecular complexity index is 3040. The number of hydrogen-bond acceptors (Lipinski definition) is 0. The predicted molar refractivity (Wildman–Crippen MR) is 254 cm³/mol. The van der Waals surface area contributed by atoms with Gasteiger partial charge in [0, 0.05) is 0 Å². The molecule has 10 aromatic carbocycles. The van der Waals surface area contributed by atoms with Crippen LogP contribution in [0.4, 0.5) is 17.6 Å². The highest BCUT2D eigenvalue weighted by Gasteiger charge is 2.27. The average Bonchev–Trinajstić information content (AvgIpc) is 3.36. The molecule has 0 saturated heterocycles. The summed E-state index contributed by atoms with van der Waals surface area (Å²) in [6, 6.07) is 71.6. The van der Waals surface area contributed by atoms with Crippen molar-refractivity contribution in [3.8, 4) is 111 Å². The first-order valence-corrected chi connectivity index (χ1v) is 21.1. The highest BCUT2D eigenvalue weighted by atomic mass is 19.2. The normalized spacial score (nSPS) is 11.4. The van der Waals surface area contributed by atoms with Crippen LogP contribution in [0, 0.1) is 23.3 Å². The number of halogens is 4. The summed E-state index contributed by atoms with van der Waals surface area (Å²) in [4.78, 5) is 0. The number of rotatable bonds is 0. The van der Waals surface area contributed by atoms with E-state index < -0.39 is 34.4 Å². The van der Waals surface area contributed by atoms with Gasteiger partial charge in [0.25, 0.3) is 0 Å². The molecule has 64 heavy (non-hydrogen) atoms. The topological polar surface area (TPSA) is 0 Å². The molecule has 28 aliphatic carbocycles. The maximum atomic E-state index is 15.8. The second kappa shape index (κ2) is 16.0. The molecule has 0 aromatic heterocycles. The summed E-state index contributed by atoms with van der Waals surface area (Å²) in [7, 11) is 0. The van der Waals surface area contributed by atoms with Crippen molar-refractivity contribution in [2.45, 2.75) is 0 Å². The van der Waals surface area contributed by atoms with Gasteiger partial charge in [0.05, 0.1) is 11.1 Å². The molecule has 0 heterocycles. The molecule has 304 valence electrons. The van der Waals surface area contributed by atoms with Crippen molar-refractivity contribution in [1.29, 1.82) is 0 Å². The fraction of sp³-hybridized carbons (Fsp3) is 0. The molecule has 0 unspecified atom stereocenters. The van der Waals surface area contributed by atoms with Gasteiger partial charge in [-0.2, -0.15) is 0 Å². The minimum Gasteiger partial charge on any atom is -0.203 e. The number of hydrogen-bond donors (Lipinski definition) is 0. The van der Waals surface area contributed by atoms with E-state index in [1.165, 1.54) is 24.3 Å². The van der Waals surface area contributed by atoms with Crippen molar-refractivity contribution in [1.82, 2.24) is 0 Å². The highest BCUT2D eigenvalue weighted by Crippen LogP contribution is 2.39. The second-order valence-corrected chi connectivity index (χ2v) is 16.2. The fourth-order valence-corrected chi connectivity index (χ4v) is 8.78. The van der Waals surface area contributed by atoms with E-state index in [0.717, 1.165) is 89.0 Å². The molecule has 0 radical (unpaired) electrons. The lowest BCUT2D eigenvalue weighted by Gasteiger charge is -2.14. The van der Waals surface area contributed by atoms with Gasteiger partial charge in [0.1, 0.15) is 0 Å². The van der Waals surface area contributed by atoms with Gasteiger partial charge in [0.2, 0.25) is 0 Å². The lowest BCUT2D eigenvalue weighted by molar-refractivity contribution is 0.463. The summed E-state index contributed by atoms with van der Waals surface area (Å²) in [6.45, 7) is 0. The maximum absolute atomic E-state index is 15.8. The Labute approximate surface area is 369 Å². The van der Waals surface area contributed by atoms with Crippen molar-refractivity contribution in [2.24, 2.45) is 0 Å². The summed E-state index contributed by atoms with van der Waals surface area (Å²) in [5.74, 6) is -5.78. The molecule has 28 aliphatic rings. The fourth-order valence-electron chi connectivity index (χ4n) is 8.78. The summed E-state index contributed by atoms with van der Waals surface area (Å²) in [6.07, 6.45) is 0. The van der Waals surface area contributed by atoms with Crippen LogP contribution in [0.15, 0.2) is 218 Å². The van der Waals surface area contributed by atoms with Crippen molar-refractivity contribution in [3.63, 3.8) is 0 Å². The van der Waals surface area contributed by atoms with Crippen molar-refractivity contribution in [3.05, 3.63) is 242 Å². The maximum Gasteiger partial charge on any atom is 0.170 e. The Morgan fingerprint density at radius 2 is 0.203 bits per heavy atom. The van der Waals surface area contributed by atoms with E-state index in [2.05, 4.69) is 121 Å². The lowest BCUT2D eigenvalue weighted by atomic mass is 9.94. The molecule has 0 fully saturated rings. The van der Waals surface area contributed by atoms with Gasteiger partial charge in [-0.05, 0) is 100 Å². The van der Waals surface area contributed by atoms with Crippen LogP contribution in [0.1, 0.15) is 0 Å². The third-order valence-electron chi connectivity index (χ3n) is 12.5. The van der Waals surface area contributed by atoms with Crippen LogP contribution in [0.2, 0.25) is 0 Å². The van der Waals surface area contributed by atoms with Gasteiger partial charge < -0.3 is 0 Å². The number of benzene rings is 10. The second-order valence-electron chi connectivity index (χ2n) is 16.2. The Balaban J connectivity index is 0.940. The predicted octanol–water partition coefficient (Wildman–Crippen LogP) is 17.2. The van der Waals surface area contributed by atoms with E-state index in [1.807, 2.05) is 48.5 Å². The molecule has 0 amide bonds. The van der Waals surface area contributed by atoms with Crippen LogP contribution in [0.5, 0.6) is 0 Å². The minimum atomic E-state index is -1.44. The van der Waals surface area contributed by atoms with Crippen LogP contribution in [0.3, 0.4) is 0 Å². The van der Waals surface area contributed by atoms with Crippen LogP contribution in [-0.2, 0) is 0 Å². The molecule has 10 aromatic rings. The zero-order valence-corrected chi connectivity index (χ0v) is 34.3. The van der Waals surface area contributed by atoms with Gasteiger partial charge in [-0.15, -0.1) is 0 Å². The largest absolute Gasteiger partial charge is 0.203 e. The van der Waals surface area contributed by atoms with E-state index >= 15 is 17.6 Å². The Morgan fingerprint density at radius 3 is 0.297 bits per heavy atom. The Morgan fingerprint density at radius 1 is 0.125 bits per heavy atom. The Kier molecular flexibility index (Phi) is 9.70. The van der Waals surface area contributed by atoms with Gasteiger partial charge >= 0.3 is 0 Å². The Hall–Kier alpha value is -8.08. The van der Waals surface area contributed by atoms with Crippen LogP contribution in [-0.4, -0.2) is 0 Å². The van der Waals surface area contributed by atoms with E-state index in [0.29, 0.717) is 0 Å². The van der Waals surface area contributed by atoms with Crippen molar-refractivity contribution < 1.29 is 17.6 Å². The summed E-state index contributed by atoms with van der Waals surface area (Å²) in [5, 5.41) is 0. The third-order valence-corrected chi connectivity index (χ3v) is 12.5. The van der Waals surface area contributed by atoms with Crippen LogP contribution < -0.4 is 0 Å². The summed E-state index contributed by atoms with van der Waals surface area (Å²) < 4.78 is 63.0. The van der Waals surface area contributed by atoms with E-state index in [-0.39, 0.29) is 11.1 Å². The summed E-state index contributed by atoms with van der Waals surface area (Å²) in [5.41, 5.74) is 15.2. The molecule has 0 saturated carbocycles. The summed E-state index contributed by atoms with van der Waals surface area (Å²) >= 11 is 0. The van der Waals surface area contributed by atoms with Crippen molar-refractivity contribution in [2.75, 3.05) is 0 Å². The van der Waals surface area contributed by atoms with Crippen LogP contribution in [0.25, 0.3) is 111 Å². The monoisotopic (exact) mass is 832 g/mol. The quantitative estimate of drug-likeness (QED) is 0.105. The molecule has 4 heteroatoms. The van der Waals surface area contributed by atoms with Gasteiger partial charge in [-0.3, -0.25) is 0 Å². The van der Waals surface area contributed by atoms with Gasteiger partial charge in [0.15, 0.2) is 23.3 Å². The molecule has 0 atom stereocenters. The van der Waals surface area contributed by atoms with Gasteiger partial charge in [-0.25, -0.2) is 17.6 Å². The molecule has 0 nitrogen and oxygen atoms in total. The minimum absolute atomic E-state index is 0.0298. The molecule has 0 aliphatic heterocycles. The first-order valence-electron chi connectivity index (χ1n) is 21.1. The average molecular weight is 833 g/mol. The molecule has 0 spiro atoms. The standard InChI is InChI=1S/C60H36F4/c61-57-55-53-33-29-51(30-34-53)49-25-21-47(22-26-49)45-17-13-43(14-18-45)41-9-5-39(6-10-41)37-1-2-38(4-3-37)40-7-11-42(12-8-40)44-15-19-46(20-16-44)48-23-27-50(28-24-48)52-31-35-54(36-32-52)56(59(57)63)60(64)58(55)62/h1-36H. The lowest BCUT2D eigenvalue weighted by Crippen LogP contribution is -2.03. The SMILES string of the molecule is Fc1c(F)c2c(F)c(F)c1-c1ccc(cc1)-c1ccc(cc1)-c1ccc(cc1)-c1ccc(cc1)-c1ccc(cc1)-c1ccc(cc1)-c1ccc(cc1)-c1ccc(cc1)-c1ccc-2cc1. The third kappa shape index (κ3) is 7.09. The highest BCUT2D eigenvalue weighted by molar-refractivity contribution is 5.81.